The van der Waals surface area contributed by atoms with Gasteiger partial charge >= 0.3 is 5.97 Å². The minimum atomic E-state index is -0.816. The van der Waals surface area contributed by atoms with Crippen LogP contribution in [0.1, 0.15) is 10.4 Å². The summed E-state index contributed by atoms with van der Waals surface area (Å²) in [5.74, 6) is -0.626. The molecule has 1 amide bonds. The molecule has 0 aromatic heterocycles. The highest BCUT2D eigenvalue weighted by atomic mass is 16.6. The van der Waals surface area contributed by atoms with Crippen LogP contribution in [0.4, 0.5) is 11.4 Å². The van der Waals surface area contributed by atoms with Gasteiger partial charge in [-0.25, -0.2) is 4.79 Å². The van der Waals surface area contributed by atoms with Crippen molar-refractivity contribution in [1.82, 2.24) is 5.32 Å². The first-order valence-corrected chi connectivity index (χ1v) is 8.46. The first-order valence-electron chi connectivity index (χ1n) is 8.46. The molecule has 2 rings (SSSR count). The highest BCUT2D eigenvalue weighted by Crippen LogP contribution is 2.27. The Morgan fingerprint density at radius 2 is 1.86 bits per heavy atom. The topological polar surface area (TPSA) is 111 Å². The molecule has 0 unspecified atom stereocenters. The Bertz CT molecular complexity index is 839. The molecule has 0 aliphatic heterocycles. The average Bonchev–Trinajstić information content (AvgIpc) is 2.69. The first kappa shape index (κ1) is 20.7. The molecule has 9 nitrogen and oxygen atoms in total. The molecule has 28 heavy (non-hydrogen) atoms. The number of hydrogen-bond donors (Lipinski definition) is 1. The smallest absolute Gasteiger partial charge is 0.338 e. The van der Waals surface area contributed by atoms with Crippen molar-refractivity contribution in [2.75, 3.05) is 38.8 Å². The van der Waals surface area contributed by atoms with Crippen LogP contribution in [-0.4, -0.2) is 50.7 Å². The van der Waals surface area contributed by atoms with Gasteiger partial charge in [-0.2, -0.15) is 0 Å². The van der Waals surface area contributed by atoms with Gasteiger partial charge in [-0.1, -0.05) is 18.2 Å². The SMILES string of the molecule is CN(C)c1ccc(C(=O)OCC(=O)NCCOc2ccccc2)cc1[N+](=O)[O-]. The van der Waals surface area contributed by atoms with Crippen LogP contribution < -0.4 is 15.0 Å². The predicted molar refractivity (Wildman–Crippen MR) is 103 cm³/mol. The highest BCUT2D eigenvalue weighted by molar-refractivity contribution is 5.93. The molecule has 0 spiro atoms. The summed E-state index contributed by atoms with van der Waals surface area (Å²) in [5.41, 5.74) is 0.136. The zero-order chi connectivity index (χ0) is 20.5. The lowest BCUT2D eigenvalue weighted by Gasteiger charge is -2.13. The van der Waals surface area contributed by atoms with Crippen LogP contribution in [0.3, 0.4) is 0 Å². The number of benzene rings is 2. The van der Waals surface area contributed by atoms with Crippen LogP contribution in [0.5, 0.6) is 5.75 Å². The Hall–Kier alpha value is -3.62. The number of nitrogens with one attached hydrogen (secondary N) is 1. The number of nitro groups is 1. The molecule has 2 aromatic carbocycles. The molecule has 0 aliphatic carbocycles. The van der Waals surface area contributed by atoms with Gasteiger partial charge in [0.2, 0.25) is 0 Å². The fourth-order valence-corrected chi connectivity index (χ4v) is 2.32. The van der Waals surface area contributed by atoms with Crippen LogP contribution >= 0.6 is 0 Å². The van der Waals surface area contributed by atoms with Gasteiger partial charge in [-0.15, -0.1) is 0 Å². The van der Waals surface area contributed by atoms with Crippen molar-refractivity contribution in [2.45, 2.75) is 0 Å². The molecule has 0 saturated heterocycles. The molecular weight excluding hydrogens is 366 g/mol. The summed E-state index contributed by atoms with van der Waals surface area (Å²) in [6, 6.07) is 13.1. The first-order chi connectivity index (χ1) is 13.4. The van der Waals surface area contributed by atoms with E-state index in [1.54, 1.807) is 31.1 Å². The number of nitro benzene ring substituents is 1. The molecule has 2 aromatic rings. The Morgan fingerprint density at radius 3 is 2.50 bits per heavy atom. The quantitative estimate of drug-likeness (QED) is 0.303. The number of anilines is 1. The van der Waals surface area contributed by atoms with E-state index in [-0.39, 0.29) is 24.4 Å². The second-order valence-electron chi connectivity index (χ2n) is 5.94. The molecule has 0 atom stereocenters. The fourth-order valence-electron chi connectivity index (χ4n) is 2.32. The van der Waals surface area contributed by atoms with Gasteiger partial charge in [0.15, 0.2) is 6.61 Å². The van der Waals surface area contributed by atoms with Crippen molar-refractivity contribution in [3.63, 3.8) is 0 Å². The minimum absolute atomic E-state index is 0.00230. The van der Waals surface area contributed by atoms with Crippen molar-refractivity contribution in [2.24, 2.45) is 0 Å². The van der Waals surface area contributed by atoms with Gasteiger partial charge in [0.25, 0.3) is 11.6 Å². The van der Waals surface area contributed by atoms with Crippen molar-refractivity contribution in [1.29, 1.82) is 0 Å². The van der Waals surface area contributed by atoms with Crippen LogP contribution in [0.25, 0.3) is 0 Å². The van der Waals surface area contributed by atoms with Crippen molar-refractivity contribution < 1.29 is 24.0 Å². The lowest BCUT2D eigenvalue weighted by Crippen LogP contribution is -2.32. The zero-order valence-electron chi connectivity index (χ0n) is 15.6. The Morgan fingerprint density at radius 1 is 1.14 bits per heavy atom. The Balaban J connectivity index is 1.80. The lowest BCUT2D eigenvalue weighted by molar-refractivity contribution is -0.384. The largest absolute Gasteiger partial charge is 0.492 e. The molecule has 0 radical (unpaired) electrons. The van der Waals surface area contributed by atoms with Crippen molar-refractivity contribution >= 4 is 23.3 Å². The normalized spacial score (nSPS) is 10.1. The molecule has 0 fully saturated rings. The minimum Gasteiger partial charge on any atom is -0.492 e. The number of ether oxygens (including phenoxy) is 2. The van der Waals surface area contributed by atoms with E-state index >= 15 is 0 Å². The third-order valence-electron chi connectivity index (χ3n) is 3.66. The van der Waals surface area contributed by atoms with Gasteiger partial charge in [0.1, 0.15) is 18.0 Å². The summed E-state index contributed by atoms with van der Waals surface area (Å²) >= 11 is 0. The van der Waals surface area contributed by atoms with Crippen molar-refractivity contribution in [3.8, 4) is 5.75 Å². The Kier molecular flexibility index (Phi) is 7.32. The average molecular weight is 387 g/mol. The standard InChI is InChI=1S/C19H21N3O6/c1-21(2)16-9-8-14(12-17(16)22(25)26)19(24)28-13-18(23)20-10-11-27-15-6-4-3-5-7-15/h3-9,12H,10-11,13H2,1-2H3,(H,20,23). The van der Waals surface area contributed by atoms with E-state index in [2.05, 4.69) is 5.32 Å². The number of rotatable bonds is 9. The number of carbonyl (C=O) groups excluding carboxylic acids is 2. The number of amides is 1. The maximum atomic E-state index is 12.1. The van der Waals surface area contributed by atoms with E-state index in [4.69, 9.17) is 9.47 Å². The van der Waals surface area contributed by atoms with Gasteiger partial charge in [-0.05, 0) is 24.3 Å². The highest BCUT2D eigenvalue weighted by Gasteiger charge is 2.20. The summed E-state index contributed by atoms with van der Waals surface area (Å²) in [4.78, 5) is 36.0. The summed E-state index contributed by atoms with van der Waals surface area (Å²) in [7, 11) is 3.32. The summed E-state index contributed by atoms with van der Waals surface area (Å²) < 4.78 is 10.3. The molecular formula is C19H21N3O6. The van der Waals surface area contributed by atoms with Crippen LogP contribution in [0, 0.1) is 10.1 Å². The third-order valence-corrected chi connectivity index (χ3v) is 3.66. The maximum Gasteiger partial charge on any atom is 0.338 e. The monoisotopic (exact) mass is 387 g/mol. The van der Waals surface area contributed by atoms with E-state index in [1.807, 2.05) is 18.2 Å². The number of para-hydroxylation sites is 1. The second kappa shape index (κ2) is 9.91. The fraction of sp³-hybridized carbons (Fsp3) is 0.263. The number of carbonyl (C=O) groups is 2. The lowest BCUT2D eigenvalue weighted by atomic mass is 10.1. The van der Waals surface area contributed by atoms with Gasteiger partial charge < -0.3 is 19.7 Å². The van der Waals surface area contributed by atoms with Crippen LogP contribution in [0.15, 0.2) is 48.5 Å². The Labute approximate surface area is 162 Å². The number of hydrogen-bond acceptors (Lipinski definition) is 7. The number of esters is 1. The molecule has 1 N–H and O–H groups in total. The molecule has 0 aliphatic rings. The molecule has 9 heteroatoms. The van der Waals surface area contributed by atoms with Gasteiger partial charge in [0, 0.05) is 20.2 Å². The van der Waals surface area contributed by atoms with Gasteiger partial charge in [-0.3, -0.25) is 14.9 Å². The maximum absolute atomic E-state index is 12.1. The summed E-state index contributed by atoms with van der Waals surface area (Å²) in [6.07, 6.45) is 0. The predicted octanol–water partition coefficient (Wildman–Crippen LogP) is 2.01. The van der Waals surface area contributed by atoms with Crippen LogP contribution in [0.2, 0.25) is 0 Å². The third kappa shape index (κ3) is 5.97. The van der Waals surface area contributed by atoms with E-state index < -0.39 is 23.4 Å². The van der Waals surface area contributed by atoms with E-state index in [1.165, 1.54) is 12.1 Å². The van der Waals surface area contributed by atoms with E-state index in [0.717, 1.165) is 6.07 Å². The van der Waals surface area contributed by atoms with E-state index in [9.17, 15) is 19.7 Å². The number of nitrogens with zero attached hydrogens (tertiary/aromatic N) is 2. The molecule has 0 bridgehead atoms. The van der Waals surface area contributed by atoms with Crippen LogP contribution in [-0.2, 0) is 9.53 Å². The zero-order valence-corrected chi connectivity index (χ0v) is 15.6. The molecule has 0 saturated carbocycles. The molecule has 148 valence electrons. The van der Waals surface area contributed by atoms with Gasteiger partial charge in [0.05, 0.1) is 17.0 Å². The second-order valence-corrected chi connectivity index (χ2v) is 5.94. The summed E-state index contributed by atoms with van der Waals surface area (Å²) in [5, 5.41) is 13.7. The van der Waals surface area contributed by atoms with Crippen molar-refractivity contribution in [3.05, 3.63) is 64.2 Å². The van der Waals surface area contributed by atoms with E-state index in [0.29, 0.717) is 11.4 Å². The molecule has 0 heterocycles. The summed E-state index contributed by atoms with van der Waals surface area (Å²) in [6.45, 7) is 0.0174.